The highest BCUT2D eigenvalue weighted by molar-refractivity contribution is 5.26. The number of nitrogens with one attached hydrogen (secondary N) is 1. The lowest BCUT2D eigenvalue weighted by molar-refractivity contribution is -0.363. The van der Waals surface area contributed by atoms with Crippen molar-refractivity contribution in [1.82, 2.24) is 5.32 Å². The van der Waals surface area contributed by atoms with Crippen LogP contribution >= 0.6 is 0 Å². The maximum atomic E-state index is 11.1. The molecule has 0 radical (unpaired) electrons. The minimum Gasteiger partial charge on any atom is -0.394 e. The highest BCUT2D eigenvalue weighted by Gasteiger charge is 2.68. The van der Waals surface area contributed by atoms with Crippen molar-refractivity contribution in [2.24, 2.45) is 46.3 Å². The fourth-order valence-corrected chi connectivity index (χ4v) is 12.8. The van der Waals surface area contributed by atoms with Crippen molar-refractivity contribution < 1.29 is 59.4 Å². The third kappa shape index (κ3) is 5.90. The lowest BCUT2D eigenvalue weighted by Gasteiger charge is -2.59. The van der Waals surface area contributed by atoms with Crippen molar-refractivity contribution in [2.45, 2.75) is 165 Å². The molecule has 0 unspecified atom stereocenters. The van der Waals surface area contributed by atoms with Crippen molar-refractivity contribution in [3.63, 3.8) is 0 Å². The van der Waals surface area contributed by atoms with Gasteiger partial charge in [0, 0.05) is 12.5 Å². The topological polar surface area (TPSA) is 200 Å². The van der Waals surface area contributed by atoms with Crippen LogP contribution in [0.15, 0.2) is 11.6 Å². The number of hydrogen-bond acceptors (Lipinski definition) is 13. The van der Waals surface area contributed by atoms with Gasteiger partial charge in [-0.05, 0) is 98.2 Å². The van der Waals surface area contributed by atoms with Crippen LogP contribution in [0, 0.1) is 46.3 Å². The molecule has 21 atom stereocenters. The quantitative estimate of drug-likeness (QED) is 0.179. The monoisotopic (exact) mass is 737 g/mol. The Balaban J connectivity index is 0.913. The molecule has 4 saturated heterocycles. The predicted octanol–water partition coefficient (Wildman–Crippen LogP) is 0.935. The van der Waals surface area contributed by atoms with Crippen LogP contribution in [0.5, 0.6) is 0 Å². The van der Waals surface area contributed by atoms with E-state index in [9.17, 15) is 35.7 Å². The van der Waals surface area contributed by atoms with E-state index in [1.54, 1.807) is 0 Å². The summed E-state index contributed by atoms with van der Waals surface area (Å²) in [6, 6.07) is 0. The number of allylic oxidation sites excluding steroid dienone is 1. The van der Waals surface area contributed by atoms with Gasteiger partial charge in [0.1, 0.15) is 54.6 Å². The summed E-state index contributed by atoms with van der Waals surface area (Å²) < 4.78 is 30.5. The second-order valence-electron chi connectivity index (χ2n) is 18.4. The highest BCUT2D eigenvalue weighted by Crippen LogP contribution is 2.70. The number of fused-ring (bicyclic) bond motifs is 7. The van der Waals surface area contributed by atoms with Gasteiger partial charge in [-0.2, -0.15) is 0 Å². The lowest BCUT2D eigenvalue weighted by Crippen LogP contribution is -2.65. The zero-order chi connectivity index (χ0) is 36.9. The van der Waals surface area contributed by atoms with E-state index in [4.69, 9.17) is 23.7 Å². The largest absolute Gasteiger partial charge is 0.394 e. The molecule has 1 spiro atoms. The first-order valence-corrected chi connectivity index (χ1v) is 20.1. The SMILES string of the molecule is C[C@@H]1CC[C@@]2(NC1)O[C@H]1C[C@H]3[C@@H]4CC=C5C[C@@H](O[C@@H]6O[C@H](CO)[C@@H](O[C@@H]7O[C@H](CO)[C@@H](O)[C@H](O)[C@H]7O)[C@H](O)[C@H]6O)CC[C@]5(C)[C@H]4CC[C@]3(C)[C@H]1[C@@H]2C. The Morgan fingerprint density at radius 1 is 0.808 bits per heavy atom. The van der Waals surface area contributed by atoms with Gasteiger partial charge in [0.2, 0.25) is 0 Å². The van der Waals surface area contributed by atoms with Crippen LogP contribution in [0.1, 0.15) is 85.5 Å². The molecule has 0 aromatic heterocycles. The molecule has 0 amide bonds. The van der Waals surface area contributed by atoms with Crippen LogP contribution in [-0.2, 0) is 23.7 Å². The Kier molecular flexibility index (Phi) is 10.3. The maximum Gasteiger partial charge on any atom is 0.187 e. The molecule has 0 aromatic carbocycles. The summed E-state index contributed by atoms with van der Waals surface area (Å²) in [7, 11) is 0. The third-order valence-corrected chi connectivity index (χ3v) is 15.8. The molecule has 296 valence electrons. The maximum absolute atomic E-state index is 11.1. The molecule has 4 heterocycles. The molecule has 4 aliphatic carbocycles. The molecule has 52 heavy (non-hydrogen) atoms. The molecule has 4 aliphatic heterocycles. The first-order valence-electron chi connectivity index (χ1n) is 20.1. The molecule has 13 nitrogen and oxygen atoms in total. The van der Waals surface area contributed by atoms with Gasteiger partial charge in [-0.1, -0.05) is 39.3 Å². The Morgan fingerprint density at radius 2 is 1.52 bits per heavy atom. The van der Waals surface area contributed by atoms with Crippen LogP contribution in [0.4, 0.5) is 0 Å². The second-order valence-corrected chi connectivity index (χ2v) is 18.4. The summed E-state index contributed by atoms with van der Waals surface area (Å²) in [5.74, 6) is 3.67. The van der Waals surface area contributed by atoms with Gasteiger partial charge in [-0.25, -0.2) is 0 Å². The van der Waals surface area contributed by atoms with Crippen molar-refractivity contribution >= 4 is 0 Å². The van der Waals surface area contributed by atoms with E-state index in [2.05, 4.69) is 39.1 Å². The minimum atomic E-state index is -1.71. The van der Waals surface area contributed by atoms with Gasteiger partial charge in [-0.3, -0.25) is 5.32 Å². The van der Waals surface area contributed by atoms with E-state index in [0.717, 1.165) is 38.6 Å². The molecule has 3 saturated carbocycles. The minimum absolute atomic E-state index is 0.0695. The Hall–Kier alpha value is -0.780. The van der Waals surface area contributed by atoms with Gasteiger partial charge in [0.05, 0.1) is 25.4 Å². The van der Waals surface area contributed by atoms with Gasteiger partial charge >= 0.3 is 0 Å². The smallest absolute Gasteiger partial charge is 0.187 e. The van der Waals surface area contributed by atoms with Crippen LogP contribution < -0.4 is 5.32 Å². The fourth-order valence-electron chi connectivity index (χ4n) is 12.8. The van der Waals surface area contributed by atoms with Gasteiger partial charge < -0.3 is 59.4 Å². The van der Waals surface area contributed by atoms with Crippen LogP contribution in [-0.4, -0.2) is 135 Å². The first-order chi connectivity index (χ1) is 24.7. The Bertz CT molecular complexity index is 1320. The summed E-state index contributed by atoms with van der Waals surface area (Å²) in [6.45, 7) is 9.61. The molecule has 13 heteroatoms. The molecular formula is C39H63NO12. The van der Waals surface area contributed by atoms with Gasteiger partial charge in [0.25, 0.3) is 0 Å². The van der Waals surface area contributed by atoms with Crippen molar-refractivity contribution in [3.05, 3.63) is 11.6 Å². The molecule has 7 fully saturated rings. The van der Waals surface area contributed by atoms with Crippen LogP contribution in [0.2, 0.25) is 0 Å². The highest BCUT2D eigenvalue weighted by atomic mass is 16.7. The summed E-state index contributed by atoms with van der Waals surface area (Å²) in [4.78, 5) is 0. The predicted molar refractivity (Wildman–Crippen MR) is 185 cm³/mol. The first kappa shape index (κ1) is 38.1. The van der Waals surface area contributed by atoms with Crippen LogP contribution in [0.25, 0.3) is 0 Å². The molecule has 8 rings (SSSR count). The van der Waals surface area contributed by atoms with E-state index in [-0.39, 0.29) is 22.7 Å². The van der Waals surface area contributed by atoms with Crippen LogP contribution in [0.3, 0.4) is 0 Å². The Labute approximate surface area is 307 Å². The van der Waals surface area contributed by atoms with Crippen molar-refractivity contribution in [1.29, 1.82) is 0 Å². The number of hydrogen-bond donors (Lipinski definition) is 8. The zero-order valence-electron chi connectivity index (χ0n) is 31.1. The van der Waals surface area contributed by atoms with E-state index in [1.807, 2.05) is 0 Å². The summed E-state index contributed by atoms with van der Waals surface area (Å²) in [5, 5.41) is 76.6. The molecule has 8 aliphatic rings. The standard InChI is InChI=1S/C39H63NO12/c1-18-7-12-39(40-15-18)19(2)28-25(52-39)14-24-22-6-5-20-13-21(8-10-37(20,3)23(22)9-11-38(24,28)4)48-35-33(47)31(45)34(27(17-42)50-35)51-36-32(46)30(44)29(43)26(16-41)49-36/h5,18-19,21-36,40-47H,6-17H2,1-4H3/t18-,19+,21+,22-,23+,24+,25+,26-,27-,28+,29-,30+,31-,32-,33-,34-,35-,36+,37+,38+,39-/m1/s1. The zero-order valence-corrected chi connectivity index (χ0v) is 31.1. The van der Waals surface area contributed by atoms with Crippen molar-refractivity contribution in [3.8, 4) is 0 Å². The normalized spacial score (nSPS) is 57.5. The summed E-state index contributed by atoms with van der Waals surface area (Å²) >= 11 is 0. The number of rotatable bonds is 6. The van der Waals surface area contributed by atoms with Gasteiger partial charge in [0.15, 0.2) is 12.6 Å². The number of ether oxygens (including phenoxy) is 5. The van der Waals surface area contributed by atoms with Crippen molar-refractivity contribution in [2.75, 3.05) is 19.8 Å². The van der Waals surface area contributed by atoms with E-state index < -0.39 is 74.6 Å². The average Bonchev–Trinajstić information content (AvgIpc) is 3.58. The number of piperidine rings is 1. The Morgan fingerprint density at radius 3 is 2.23 bits per heavy atom. The molecule has 0 bridgehead atoms. The summed E-state index contributed by atoms with van der Waals surface area (Å²) in [5.41, 5.74) is 1.60. The molecule has 8 N–H and O–H groups in total. The second kappa shape index (κ2) is 14.0. The fraction of sp³-hybridized carbons (Fsp3) is 0.949. The molecular weight excluding hydrogens is 674 g/mol. The van der Waals surface area contributed by atoms with Gasteiger partial charge in [-0.15, -0.1) is 0 Å². The average molecular weight is 738 g/mol. The summed E-state index contributed by atoms with van der Waals surface area (Å²) in [6.07, 6.45) is -2.64. The lowest BCUT2D eigenvalue weighted by atomic mass is 9.47. The van der Waals surface area contributed by atoms with E-state index >= 15 is 0 Å². The molecule has 0 aromatic rings. The van der Waals surface area contributed by atoms with E-state index in [1.165, 1.54) is 24.8 Å². The number of aliphatic hydroxyl groups excluding tert-OH is 7. The number of aliphatic hydroxyl groups is 7. The van der Waals surface area contributed by atoms with E-state index in [0.29, 0.717) is 48.0 Å². The third-order valence-electron chi connectivity index (χ3n) is 15.8.